The number of hydrogen-bond acceptors (Lipinski definition) is 3. The zero-order valence-electron chi connectivity index (χ0n) is 10.8. The molecule has 0 fully saturated rings. The third kappa shape index (κ3) is 9.01. The quantitative estimate of drug-likeness (QED) is 0.581. The number of carbonyl (C=O) groups is 1. The number of rotatable bonds is 3. The molecule has 0 radical (unpaired) electrons. The molecule has 1 amide bonds. The van der Waals surface area contributed by atoms with Crippen molar-refractivity contribution in [2.24, 2.45) is 5.10 Å². The molecule has 0 heterocycles. The molecule has 0 aromatic heterocycles. The molecule has 4 nitrogen and oxygen atoms in total. The van der Waals surface area contributed by atoms with Crippen molar-refractivity contribution in [1.29, 1.82) is 0 Å². The van der Waals surface area contributed by atoms with E-state index in [1.165, 1.54) is 11.1 Å². The van der Waals surface area contributed by atoms with Crippen molar-refractivity contribution >= 4 is 35.0 Å². The molecule has 0 aromatic rings. The number of amides is 1. The molecular weight excluding hydrogens is 263 g/mol. The highest BCUT2D eigenvalue weighted by Crippen LogP contribution is 2.12. The number of nitrogens with zero attached hydrogens (tertiary/aromatic N) is 2. The van der Waals surface area contributed by atoms with Crippen LogP contribution in [0.15, 0.2) is 15.7 Å². The molecule has 0 saturated heterocycles. The van der Waals surface area contributed by atoms with Gasteiger partial charge in [-0.2, -0.15) is 10.1 Å². The van der Waals surface area contributed by atoms with Crippen molar-refractivity contribution in [2.45, 2.75) is 40.2 Å². The van der Waals surface area contributed by atoms with Crippen LogP contribution >= 0.6 is 23.2 Å². The first-order valence-electron chi connectivity index (χ1n) is 5.15. The molecule has 98 valence electrons. The van der Waals surface area contributed by atoms with Gasteiger partial charge >= 0.3 is 6.09 Å². The Hall–Kier alpha value is -0.740. The predicted molar refractivity (Wildman–Crippen MR) is 71.5 cm³/mol. The second-order valence-electron chi connectivity index (χ2n) is 4.60. The van der Waals surface area contributed by atoms with Gasteiger partial charge in [0.1, 0.15) is 10.1 Å². The van der Waals surface area contributed by atoms with Gasteiger partial charge in [-0.25, -0.2) is 4.79 Å². The summed E-state index contributed by atoms with van der Waals surface area (Å²) in [4.78, 5) is 11.8. The van der Waals surface area contributed by atoms with E-state index in [-0.39, 0.29) is 11.0 Å². The summed E-state index contributed by atoms with van der Waals surface area (Å²) in [5.74, 6) is 0. The summed E-state index contributed by atoms with van der Waals surface area (Å²) < 4.78 is 5.28. The lowest BCUT2D eigenvalue weighted by atomic mass is 10.2. The van der Waals surface area contributed by atoms with Gasteiger partial charge in [0.2, 0.25) is 0 Å². The third-order valence-electron chi connectivity index (χ3n) is 1.34. The minimum Gasteiger partial charge on any atom is -0.442 e. The second kappa shape index (κ2) is 6.87. The van der Waals surface area contributed by atoms with Crippen LogP contribution in [0, 0.1) is 0 Å². The van der Waals surface area contributed by atoms with Gasteiger partial charge in [0.05, 0.1) is 6.54 Å². The van der Waals surface area contributed by atoms with Gasteiger partial charge in [-0.1, -0.05) is 23.2 Å². The molecule has 0 aliphatic rings. The fraction of sp³-hybridized carbons (Fsp3) is 0.636. The van der Waals surface area contributed by atoms with E-state index in [1.807, 2.05) is 0 Å². The van der Waals surface area contributed by atoms with E-state index in [2.05, 4.69) is 5.10 Å². The Labute approximate surface area is 112 Å². The minimum absolute atomic E-state index is 0.0857. The van der Waals surface area contributed by atoms with Crippen LogP contribution in [0.4, 0.5) is 4.79 Å². The van der Waals surface area contributed by atoms with Crippen molar-refractivity contribution in [3.05, 3.63) is 10.6 Å². The van der Waals surface area contributed by atoms with Gasteiger partial charge in [0, 0.05) is 5.71 Å². The van der Waals surface area contributed by atoms with E-state index < -0.39 is 11.7 Å². The van der Waals surface area contributed by atoms with Crippen LogP contribution in [0.3, 0.4) is 0 Å². The van der Waals surface area contributed by atoms with Crippen molar-refractivity contribution in [3.63, 3.8) is 0 Å². The Kier molecular flexibility index (Phi) is 6.57. The zero-order chi connectivity index (χ0) is 13.6. The number of hydrogen-bond donors (Lipinski definition) is 0. The summed E-state index contributed by atoms with van der Waals surface area (Å²) in [6.07, 6.45) is 0.934. The number of hydrazone groups is 1. The normalized spacial score (nSPS) is 10.5. The third-order valence-corrected chi connectivity index (χ3v) is 1.65. The van der Waals surface area contributed by atoms with Gasteiger partial charge in [0.15, 0.2) is 0 Å². The van der Waals surface area contributed by atoms with Crippen LogP contribution in [0.1, 0.15) is 34.6 Å². The molecule has 0 atom stereocenters. The lowest BCUT2D eigenvalue weighted by molar-refractivity contribution is 0.0276. The van der Waals surface area contributed by atoms with E-state index in [0.717, 1.165) is 5.71 Å². The molecule has 0 spiro atoms. The first kappa shape index (κ1) is 16.3. The van der Waals surface area contributed by atoms with E-state index in [0.29, 0.717) is 0 Å². The number of halogens is 2. The summed E-state index contributed by atoms with van der Waals surface area (Å²) in [5.41, 5.74) is 0.163. The Morgan fingerprint density at radius 1 is 1.35 bits per heavy atom. The average molecular weight is 281 g/mol. The van der Waals surface area contributed by atoms with Crippen molar-refractivity contribution < 1.29 is 9.53 Å². The molecule has 0 bridgehead atoms. The van der Waals surface area contributed by atoms with E-state index >= 15 is 0 Å². The van der Waals surface area contributed by atoms with Gasteiger partial charge < -0.3 is 4.74 Å². The van der Waals surface area contributed by atoms with Crippen molar-refractivity contribution in [1.82, 2.24) is 5.01 Å². The summed E-state index contributed by atoms with van der Waals surface area (Å²) >= 11 is 11.0. The van der Waals surface area contributed by atoms with Crippen LogP contribution < -0.4 is 0 Å². The zero-order valence-corrected chi connectivity index (χ0v) is 12.3. The second-order valence-corrected chi connectivity index (χ2v) is 5.61. The number of carbonyl (C=O) groups excluding carboxylic acids is 1. The van der Waals surface area contributed by atoms with Crippen LogP contribution in [0.2, 0.25) is 0 Å². The van der Waals surface area contributed by atoms with E-state index in [9.17, 15) is 4.79 Å². The SMILES string of the molecule is CC(C)=NN(CC=C(Cl)Cl)C(=O)OC(C)(C)C. The van der Waals surface area contributed by atoms with Crippen LogP contribution in [-0.4, -0.2) is 29.0 Å². The molecular formula is C11H18Cl2N2O2. The summed E-state index contributed by atoms with van der Waals surface area (Å²) in [6.45, 7) is 9.09. The standard InChI is InChI=1S/C11H18Cl2N2O2/c1-8(2)14-15(7-6-9(12)13)10(16)17-11(3,4)5/h6H,7H2,1-5H3. The lowest BCUT2D eigenvalue weighted by Crippen LogP contribution is -2.34. The maximum Gasteiger partial charge on any atom is 0.431 e. The maximum atomic E-state index is 11.8. The van der Waals surface area contributed by atoms with Gasteiger partial charge in [-0.3, -0.25) is 0 Å². The maximum absolute atomic E-state index is 11.8. The highest BCUT2D eigenvalue weighted by molar-refractivity contribution is 6.55. The lowest BCUT2D eigenvalue weighted by Gasteiger charge is -2.23. The van der Waals surface area contributed by atoms with Crippen LogP contribution in [0.5, 0.6) is 0 Å². The van der Waals surface area contributed by atoms with Crippen LogP contribution in [-0.2, 0) is 4.74 Å². The monoisotopic (exact) mass is 280 g/mol. The molecule has 0 N–H and O–H groups in total. The Morgan fingerprint density at radius 3 is 2.24 bits per heavy atom. The average Bonchev–Trinajstić information content (AvgIpc) is 2.08. The Bertz CT molecular complexity index is 325. The first-order chi connectivity index (χ1) is 7.61. The first-order valence-corrected chi connectivity index (χ1v) is 5.91. The Balaban J connectivity index is 4.75. The molecule has 0 aromatic carbocycles. The highest BCUT2D eigenvalue weighted by Gasteiger charge is 2.21. The minimum atomic E-state index is -0.568. The highest BCUT2D eigenvalue weighted by atomic mass is 35.5. The van der Waals surface area contributed by atoms with Crippen molar-refractivity contribution in [3.8, 4) is 0 Å². The molecule has 0 aliphatic carbocycles. The molecule has 0 saturated carbocycles. The van der Waals surface area contributed by atoms with Gasteiger partial charge in [-0.15, -0.1) is 0 Å². The molecule has 0 aliphatic heterocycles. The largest absolute Gasteiger partial charge is 0.442 e. The number of ether oxygens (including phenoxy) is 1. The molecule has 17 heavy (non-hydrogen) atoms. The molecule has 0 unspecified atom stereocenters. The fourth-order valence-electron chi connectivity index (χ4n) is 0.868. The molecule has 0 rings (SSSR count). The Morgan fingerprint density at radius 2 is 1.88 bits per heavy atom. The predicted octanol–water partition coefficient (Wildman–Crippen LogP) is 3.94. The smallest absolute Gasteiger partial charge is 0.431 e. The van der Waals surface area contributed by atoms with E-state index in [1.54, 1.807) is 34.6 Å². The fourth-order valence-corrected chi connectivity index (χ4v) is 1.01. The summed E-state index contributed by atoms with van der Waals surface area (Å²) in [5, 5.41) is 5.22. The van der Waals surface area contributed by atoms with Crippen LogP contribution in [0.25, 0.3) is 0 Å². The van der Waals surface area contributed by atoms with Gasteiger partial charge in [0.25, 0.3) is 0 Å². The topological polar surface area (TPSA) is 41.9 Å². The molecule has 6 heteroatoms. The van der Waals surface area contributed by atoms with E-state index in [4.69, 9.17) is 27.9 Å². The van der Waals surface area contributed by atoms with Crippen molar-refractivity contribution in [2.75, 3.05) is 6.54 Å². The van der Waals surface area contributed by atoms with Gasteiger partial charge in [-0.05, 0) is 40.7 Å². The summed E-state index contributed by atoms with van der Waals surface area (Å²) in [6, 6.07) is 0. The summed E-state index contributed by atoms with van der Waals surface area (Å²) in [7, 11) is 0.